The van der Waals surface area contributed by atoms with Crippen molar-refractivity contribution in [2.75, 3.05) is 6.54 Å². The van der Waals surface area contributed by atoms with Gasteiger partial charge >= 0.3 is 0 Å². The van der Waals surface area contributed by atoms with E-state index in [0.29, 0.717) is 5.56 Å². The van der Waals surface area contributed by atoms with Crippen LogP contribution < -0.4 is 0 Å². The highest BCUT2D eigenvalue weighted by Gasteiger charge is 2.18. The molecule has 0 aliphatic carbocycles. The van der Waals surface area contributed by atoms with Gasteiger partial charge in [-0.1, -0.05) is 54.6 Å². The Kier molecular flexibility index (Phi) is 5.35. The standard InChI is InChI=1S/C27H24N4/c28-15-21-6-8-22(9-7-21)17-31-20-29-16-27(31)19-30-13-12-24-10-11-25(14-26(24)18-30)23-4-2-1-3-5-23/h1-11,14,16,20H,12-13,17-19H2. The van der Waals surface area contributed by atoms with Crippen LogP contribution in [0.15, 0.2) is 85.3 Å². The van der Waals surface area contributed by atoms with Crippen LogP contribution in [-0.4, -0.2) is 21.0 Å². The number of hydrogen-bond donors (Lipinski definition) is 0. The first-order valence-electron chi connectivity index (χ1n) is 10.7. The lowest BCUT2D eigenvalue weighted by Crippen LogP contribution is -2.30. The molecule has 0 fully saturated rings. The summed E-state index contributed by atoms with van der Waals surface area (Å²) in [6, 6.07) is 27.4. The van der Waals surface area contributed by atoms with Gasteiger partial charge in [0.05, 0.1) is 23.7 Å². The summed E-state index contributed by atoms with van der Waals surface area (Å²) in [6.45, 7) is 3.66. The first-order valence-corrected chi connectivity index (χ1v) is 10.7. The summed E-state index contributed by atoms with van der Waals surface area (Å²) < 4.78 is 2.21. The zero-order chi connectivity index (χ0) is 21.0. The number of nitrogens with zero attached hydrogens (tertiary/aromatic N) is 4. The molecule has 0 saturated heterocycles. The van der Waals surface area contributed by atoms with Gasteiger partial charge in [-0.2, -0.15) is 5.26 Å². The number of benzene rings is 3. The lowest BCUT2D eigenvalue weighted by molar-refractivity contribution is 0.240. The number of nitriles is 1. The topological polar surface area (TPSA) is 44.9 Å². The largest absolute Gasteiger partial charge is 0.329 e. The van der Waals surface area contributed by atoms with Crippen LogP contribution >= 0.6 is 0 Å². The van der Waals surface area contributed by atoms with Crippen molar-refractivity contribution in [2.24, 2.45) is 0 Å². The van der Waals surface area contributed by atoms with E-state index in [9.17, 15) is 0 Å². The Labute approximate surface area is 183 Å². The third-order valence-electron chi connectivity index (χ3n) is 6.02. The van der Waals surface area contributed by atoms with Crippen molar-refractivity contribution in [3.8, 4) is 17.2 Å². The molecule has 4 aromatic rings. The summed E-state index contributed by atoms with van der Waals surface area (Å²) in [4.78, 5) is 6.90. The summed E-state index contributed by atoms with van der Waals surface area (Å²) in [7, 11) is 0. The van der Waals surface area contributed by atoms with Crippen molar-refractivity contribution >= 4 is 0 Å². The van der Waals surface area contributed by atoms with Crippen molar-refractivity contribution in [3.63, 3.8) is 0 Å². The van der Waals surface area contributed by atoms with Crippen LogP contribution in [0.4, 0.5) is 0 Å². The summed E-state index contributed by atoms with van der Waals surface area (Å²) in [5.41, 5.74) is 8.51. The molecule has 3 aromatic carbocycles. The zero-order valence-corrected chi connectivity index (χ0v) is 17.4. The Morgan fingerprint density at radius 3 is 2.52 bits per heavy atom. The minimum atomic E-state index is 0.691. The van der Waals surface area contributed by atoms with Gasteiger partial charge in [-0.3, -0.25) is 4.90 Å². The molecule has 0 N–H and O–H groups in total. The number of fused-ring (bicyclic) bond motifs is 1. The predicted octanol–water partition coefficient (Wildman–Crippen LogP) is 5.03. The van der Waals surface area contributed by atoms with Gasteiger partial charge in [0.25, 0.3) is 0 Å². The molecular formula is C27H24N4. The third-order valence-corrected chi connectivity index (χ3v) is 6.02. The molecule has 0 atom stereocenters. The third kappa shape index (κ3) is 4.28. The molecule has 1 aliphatic heterocycles. The second-order valence-electron chi connectivity index (χ2n) is 8.13. The van der Waals surface area contributed by atoms with Crippen LogP contribution in [0.3, 0.4) is 0 Å². The summed E-state index contributed by atoms with van der Waals surface area (Å²) in [5.74, 6) is 0. The second-order valence-corrected chi connectivity index (χ2v) is 8.13. The van der Waals surface area contributed by atoms with Crippen LogP contribution in [-0.2, 0) is 26.1 Å². The Morgan fingerprint density at radius 2 is 1.71 bits per heavy atom. The Hall–Kier alpha value is -3.68. The average molecular weight is 405 g/mol. The molecule has 0 radical (unpaired) electrons. The van der Waals surface area contributed by atoms with Crippen molar-refractivity contribution in [3.05, 3.63) is 113 Å². The molecule has 0 unspecified atom stereocenters. The van der Waals surface area contributed by atoms with E-state index >= 15 is 0 Å². The van der Waals surface area contributed by atoms with Gasteiger partial charge in [-0.05, 0) is 52.4 Å². The molecule has 0 spiro atoms. The van der Waals surface area contributed by atoms with Crippen LogP contribution in [0.5, 0.6) is 0 Å². The summed E-state index contributed by atoms with van der Waals surface area (Å²) in [5, 5.41) is 8.99. The van der Waals surface area contributed by atoms with Crippen LogP contribution in [0.25, 0.3) is 11.1 Å². The van der Waals surface area contributed by atoms with E-state index in [1.807, 2.05) is 36.8 Å². The summed E-state index contributed by atoms with van der Waals surface area (Å²) in [6.07, 6.45) is 4.95. The molecule has 152 valence electrons. The monoisotopic (exact) mass is 404 g/mol. The quantitative estimate of drug-likeness (QED) is 0.469. The van der Waals surface area contributed by atoms with Crippen molar-refractivity contribution in [1.82, 2.24) is 14.5 Å². The van der Waals surface area contributed by atoms with Gasteiger partial charge in [-0.25, -0.2) is 4.98 Å². The van der Waals surface area contributed by atoms with E-state index in [-0.39, 0.29) is 0 Å². The minimum absolute atomic E-state index is 0.691. The molecule has 4 nitrogen and oxygen atoms in total. The number of aromatic nitrogens is 2. The lowest BCUT2D eigenvalue weighted by Gasteiger charge is -2.29. The first kappa shape index (κ1) is 19.3. The van der Waals surface area contributed by atoms with E-state index in [1.165, 1.54) is 33.5 Å². The van der Waals surface area contributed by atoms with Gasteiger partial charge in [0.1, 0.15) is 0 Å². The highest BCUT2D eigenvalue weighted by molar-refractivity contribution is 5.65. The van der Waals surface area contributed by atoms with Gasteiger partial charge in [0.15, 0.2) is 0 Å². The predicted molar refractivity (Wildman–Crippen MR) is 122 cm³/mol. The maximum atomic E-state index is 8.99. The molecule has 4 heteroatoms. The Balaban J connectivity index is 1.30. The summed E-state index contributed by atoms with van der Waals surface area (Å²) >= 11 is 0. The van der Waals surface area contributed by atoms with Gasteiger partial charge in [0, 0.05) is 32.4 Å². The fraction of sp³-hybridized carbons (Fsp3) is 0.185. The molecule has 1 aromatic heterocycles. The molecule has 1 aliphatic rings. The highest BCUT2D eigenvalue weighted by atomic mass is 15.2. The van der Waals surface area contributed by atoms with Gasteiger partial charge < -0.3 is 4.57 Å². The van der Waals surface area contributed by atoms with Crippen molar-refractivity contribution in [2.45, 2.75) is 26.1 Å². The first-order chi connectivity index (χ1) is 15.3. The smallest absolute Gasteiger partial charge is 0.0991 e. The van der Waals surface area contributed by atoms with E-state index < -0.39 is 0 Å². The van der Waals surface area contributed by atoms with E-state index in [0.717, 1.165) is 32.6 Å². The molecule has 0 amide bonds. The molecule has 5 rings (SSSR count). The van der Waals surface area contributed by atoms with E-state index in [2.05, 4.69) is 69.1 Å². The minimum Gasteiger partial charge on any atom is -0.329 e. The van der Waals surface area contributed by atoms with Crippen LogP contribution in [0.2, 0.25) is 0 Å². The zero-order valence-electron chi connectivity index (χ0n) is 17.4. The van der Waals surface area contributed by atoms with Gasteiger partial charge in [0.2, 0.25) is 0 Å². The molecular weight excluding hydrogens is 380 g/mol. The Morgan fingerprint density at radius 1 is 0.871 bits per heavy atom. The van der Waals surface area contributed by atoms with Gasteiger partial charge in [-0.15, -0.1) is 0 Å². The number of imidazole rings is 1. The maximum absolute atomic E-state index is 8.99. The maximum Gasteiger partial charge on any atom is 0.0991 e. The fourth-order valence-corrected chi connectivity index (χ4v) is 4.29. The molecule has 2 heterocycles. The van der Waals surface area contributed by atoms with E-state index in [1.54, 1.807) is 0 Å². The number of rotatable bonds is 5. The Bertz CT molecular complexity index is 1220. The van der Waals surface area contributed by atoms with Crippen molar-refractivity contribution < 1.29 is 0 Å². The molecule has 0 saturated carbocycles. The molecule has 31 heavy (non-hydrogen) atoms. The van der Waals surface area contributed by atoms with Crippen molar-refractivity contribution in [1.29, 1.82) is 5.26 Å². The van der Waals surface area contributed by atoms with Crippen LogP contribution in [0.1, 0.15) is 27.9 Å². The molecule has 0 bridgehead atoms. The van der Waals surface area contributed by atoms with E-state index in [4.69, 9.17) is 5.26 Å². The van der Waals surface area contributed by atoms with Crippen LogP contribution in [0, 0.1) is 11.3 Å². The normalized spacial score (nSPS) is 13.5. The average Bonchev–Trinajstić information content (AvgIpc) is 3.26. The lowest BCUT2D eigenvalue weighted by atomic mass is 9.94. The SMILES string of the molecule is N#Cc1ccc(Cn2cncc2CN2CCc3ccc(-c4ccccc4)cc3C2)cc1. The fourth-order valence-electron chi connectivity index (χ4n) is 4.29. The second kappa shape index (κ2) is 8.59. The highest BCUT2D eigenvalue weighted by Crippen LogP contribution is 2.27. The number of hydrogen-bond acceptors (Lipinski definition) is 3.